The van der Waals surface area contributed by atoms with Crippen molar-refractivity contribution in [1.29, 1.82) is 0 Å². The maximum Gasteiger partial charge on any atom is 0.306 e. The van der Waals surface area contributed by atoms with Gasteiger partial charge in [0.1, 0.15) is 13.2 Å². The minimum absolute atomic E-state index is 0.104. The number of ether oxygens (including phenoxy) is 3. The molecule has 0 spiro atoms. The normalized spacial score (nSPS) is 12.8. The van der Waals surface area contributed by atoms with Crippen molar-refractivity contribution in [3.8, 4) is 0 Å². The van der Waals surface area contributed by atoms with Crippen LogP contribution in [-0.4, -0.2) is 37.2 Å². The van der Waals surface area contributed by atoms with Gasteiger partial charge in [0.25, 0.3) is 0 Å². The summed E-state index contributed by atoms with van der Waals surface area (Å²) < 4.78 is 16.9. The van der Waals surface area contributed by atoms with Gasteiger partial charge in [-0.15, -0.1) is 0 Å². The Hall–Kier alpha value is -3.93. The molecule has 0 saturated heterocycles. The fourth-order valence-corrected chi connectivity index (χ4v) is 9.70. The lowest BCUT2D eigenvalue weighted by molar-refractivity contribution is -0.167. The van der Waals surface area contributed by atoms with Crippen molar-refractivity contribution < 1.29 is 28.6 Å². The molecule has 0 aliphatic heterocycles. The lowest BCUT2D eigenvalue weighted by Crippen LogP contribution is -2.30. The molecule has 0 bridgehead atoms. The molecule has 0 amide bonds. The summed E-state index contributed by atoms with van der Waals surface area (Å²) in [5.41, 5.74) is 0. The molecule has 0 radical (unpaired) electrons. The van der Waals surface area contributed by atoms with Crippen molar-refractivity contribution in [2.45, 2.75) is 335 Å². The number of rotatable bonds is 62. The summed E-state index contributed by atoms with van der Waals surface area (Å²) in [4.78, 5) is 38.3. The number of hydrogen-bond donors (Lipinski definition) is 0. The molecule has 6 heteroatoms. The fraction of sp³-hybridized carbons (Fsp3) is 0.720. The molecule has 0 aliphatic rings. The van der Waals surface area contributed by atoms with Crippen LogP contribution in [0.25, 0.3) is 0 Å². The summed E-state index contributed by atoms with van der Waals surface area (Å²) in [5, 5.41) is 0. The molecule has 0 aliphatic carbocycles. The van der Waals surface area contributed by atoms with Crippen molar-refractivity contribution in [3.63, 3.8) is 0 Å². The van der Waals surface area contributed by atoms with Gasteiger partial charge >= 0.3 is 17.9 Å². The molecule has 0 fully saturated rings. The van der Waals surface area contributed by atoms with E-state index in [0.717, 1.165) is 116 Å². The first kappa shape index (κ1) is 77.1. The van der Waals surface area contributed by atoms with Crippen LogP contribution in [0.15, 0.2) is 109 Å². The molecule has 1 unspecified atom stereocenters. The molecule has 81 heavy (non-hydrogen) atoms. The number of esters is 3. The van der Waals surface area contributed by atoms with E-state index in [1.165, 1.54) is 167 Å². The smallest absolute Gasteiger partial charge is 0.306 e. The van der Waals surface area contributed by atoms with Gasteiger partial charge < -0.3 is 14.2 Å². The second-order valence-corrected chi connectivity index (χ2v) is 22.7. The van der Waals surface area contributed by atoms with E-state index in [0.29, 0.717) is 19.3 Å². The molecular formula is C75H128O6. The molecule has 0 rings (SSSR count). The first-order valence-electron chi connectivity index (χ1n) is 34.4. The van der Waals surface area contributed by atoms with E-state index in [2.05, 4.69) is 130 Å². The lowest BCUT2D eigenvalue weighted by Gasteiger charge is -2.18. The summed E-state index contributed by atoms with van der Waals surface area (Å²) >= 11 is 0. The van der Waals surface area contributed by atoms with Gasteiger partial charge in [-0.25, -0.2) is 0 Å². The largest absolute Gasteiger partial charge is 0.462 e. The first-order chi connectivity index (χ1) is 40.0. The Kier molecular flexibility index (Phi) is 65.2. The third-order valence-electron chi connectivity index (χ3n) is 14.8. The van der Waals surface area contributed by atoms with Crippen LogP contribution in [0.4, 0.5) is 0 Å². The van der Waals surface area contributed by atoms with Crippen molar-refractivity contribution in [1.82, 2.24) is 0 Å². The van der Waals surface area contributed by atoms with Crippen LogP contribution in [0.1, 0.15) is 329 Å². The van der Waals surface area contributed by atoms with E-state index >= 15 is 0 Å². The number of hydrogen-bond acceptors (Lipinski definition) is 6. The van der Waals surface area contributed by atoms with E-state index < -0.39 is 6.10 Å². The van der Waals surface area contributed by atoms with Crippen molar-refractivity contribution >= 4 is 17.9 Å². The van der Waals surface area contributed by atoms with E-state index in [1.807, 2.05) is 0 Å². The van der Waals surface area contributed by atoms with Crippen LogP contribution < -0.4 is 0 Å². The summed E-state index contributed by atoms with van der Waals surface area (Å²) in [6.45, 7) is 6.38. The van der Waals surface area contributed by atoms with Gasteiger partial charge in [0.05, 0.1) is 0 Å². The highest BCUT2D eigenvalue weighted by Crippen LogP contribution is 2.18. The minimum atomic E-state index is -0.816. The molecular weight excluding hydrogens is 997 g/mol. The van der Waals surface area contributed by atoms with Gasteiger partial charge in [-0.1, -0.05) is 316 Å². The molecule has 6 nitrogen and oxygen atoms in total. The monoisotopic (exact) mass is 1120 g/mol. The zero-order chi connectivity index (χ0) is 58.5. The predicted octanol–water partition coefficient (Wildman–Crippen LogP) is 23.8. The average molecular weight is 1130 g/mol. The Labute approximate surface area is 501 Å². The highest BCUT2D eigenvalue weighted by atomic mass is 16.6. The number of carbonyl (C=O) groups excluding carboxylic acids is 3. The molecule has 0 aromatic carbocycles. The third-order valence-corrected chi connectivity index (χ3v) is 14.8. The van der Waals surface area contributed by atoms with Gasteiger partial charge in [0.2, 0.25) is 0 Å². The summed E-state index contributed by atoms with van der Waals surface area (Å²) in [6.07, 6.45) is 94.2. The maximum absolute atomic E-state index is 12.9. The highest BCUT2D eigenvalue weighted by molar-refractivity contribution is 5.71. The molecule has 1 atom stereocenters. The quantitative estimate of drug-likeness (QED) is 0.0261. The van der Waals surface area contributed by atoms with E-state index in [-0.39, 0.29) is 37.5 Å². The number of carbonyl (C=O) groups is 3. The molecule has 0 N–H and O–H groups in total. The van der Waals surface area contributed by atoms with Gasteiger partial charge in [-0.3, -0.25) is 14.4 Å². The number of unbranched alkanes of at least 4 members (excludes halogenated alkanes) is 33. The molecule has 0 saturated carbocycles. The Bertz CT molecular complexity index is 1620. The SMILES string of the molecule is CC/C=C\C/C=C\C/C=C\C/C=C\C/C=C\C/C=C\CCCCC(=O)OC(COC(=O)CCCCC/C=C\C/C=C\C/C=C\CC)COC(=O)CCCCCCCCCCCCCCCCCCCCCCCCCCCCCCC. The molecule has 0 aromatic rings. The molecule has 0 aromatic heterocycles. The van der Waals surface area contributed by atoms with Crippen LogP contribution in [0.2, 0.25) is 0 Å². The van der Waals surface area contributed by atoms with E-state index in [9.17, 15) is 14.4 Å². The van der Waals surface area contributed by atoms with Crippen molar-refractivity contribution in [3.05, 3.63) is 109 Å². The maximum atomic E-state index is 12.9. The van der Waals surface area contributed by atoms with Crippen LogP contribution in [0.3, 0.4) is 0 Å². The van der Waals surface area contributed by atoms with Gasteiger partial charge in [-0.2, -0.15) is 0 Å². The van der Waals surface area contributed by atoms with Gasteiger partial charge in [-0.05, 0) is 103 Å². The Balaban J connectivity index is 4.30. The second kappa shape index (κ2) is 68.6. The fourth-order valence-electron chi connectivity index (χ4n) is 9.70. The predicted molar refractivity (Wildman–Crippen MR) is 353 cm³/mol. The standard InChI is InChI=1S/C75H128O6/c1-4-7-10-13-16-19-22-25-27-29-31-33-34-35-36-37-38-39-40-42-43-45-47-50-53-56-59-62-65-68-74(77)80-71-72(70-79-73(76)67-64-61-58-55-52-49-24-21-18-15-12-9-6-3)81-75(78)69-66-63-60-57-54-51-48-46-44-41-32-30-28-26-23-20-17-14-11-8-5-2/h8-9,11-12,17-18,20-21,26,28,32,41,46,48-49,52,54,57,72H,4-7,10,13-16,19,22-25,27,29-31,33-40,42-45,47,50-51,53,55-56,58-71H2,1-3H3/b11-8-,12-9-,20-17-,21-18-,28-26-,41-32-,48-46-,52-49-,57-54-. The van der Waals surface area contributed by atoms with Crippen molar-refractivity contribution in [2.75, 3.05) is 13.2 Å². The average Bonchev–Trinajstić information content (AvgIpc) is 3.46. The summed E-state index contributed by atoms with van der Waals surface area (Å²) in [7, 11) is 0. The van der Waals surface area contributed by atoms with E-state index in [1.54, 1.807) is 0 Å². The molecule has 464 valence electrons. The first-order valence-corrected chi connectivity index (χ1v) is 34.4. The Morgan fingerprint density at radius 1 is 0.259 bits per heavy atom. The van der Waals surface area contributed by atoms with Crippen molar-refractivity contribution in [2.24, 2.45) is 0 Å². The lowest BCUT2D eigenvalue weighted by atomic mass is 10.0. The topological polar surface area (TPSA) is 78.9 Å². The summed E-state index contributed by atoms with van der Waals surface area (Å²) in [5.74, 6) is -0.969. The summed E-state index contributed by atoms with van der Waals surface area (Å²) in [6, 6.07) is 0. The second-order valence-electron chi connectivity index (χ2n) is 22.7. The zero-order valence-electron chi connectivity index (χ0n) is 53.3. The molecule has 0 heterocycles. The van der Waals surface area contributed by atoms with Gasteiger partial charge in [0.15, 0.2) is 6.10 Å². The third kappa shape index (κ3) is 66.8. The highest BCUT2D eigenvalue weighted by Gasteiger charge is 2.19. The van der Waals surface area contributed by atoms with Crippen LogP contribution >= 0.6 is 0 Å². The van der Waals surface area contributed by atoms with Gasteiger partial charge in [0, 0.05) is 19.3 Å². The van der Waals surface area contributed by atoms with Crippen LogP contribution in [0.5, 0.6) is 0 Å². The minimum Gasteiger partial charge on any atom is -0.462 e. The Morgan fingerprint density at radius 3 is 0.778 bits per heavy atom. The zero-order valence-corrected chi connectivity index (χ0v) is 53.3. The Morgan fingerprint density at radius 2 is 0.481 bits per heavy atom. The van der Waals surface area contributed by atoms with Crippen LogP contribution in [0, 0.1) is 0 Å². The van der Waals surface area contributed by atoms with Crippen LogP contribution in [-0.2, 0) is 28.6 Å². The number of allylic oxidation sites excluding steroid dienone is 18. The van der Waals surface area contributed by atoms with E-state index in [4.69, 9.17) is 14.2 Å².